The zero-order chi connectivity index (χ0) is 19.2. The average molecular weight is 471 g/mol. The van der Waals surface area contributed by atoms with Crippen molar-refractivity contribution in [2.75, 3.05) is 25.0 Å². The van der Waals surface area contributed by atoms with Crippen LogP contribution in [0.25, 0.3) is 10.2 Å². The molecule has 0 saturated carbocycles. The van der Waals surface area contributed by atoms with Crippen molar-refractivity contribution in [2.45, 2.75) is 19.3 Å². The number of aryl methyl sites for hydroxylation is 1. The molecule has 1 aromatic carbocycles. The predicted molar refractivity (Wildman–Crippen MR) is 118 cm³/mol. The third kappa shape index (κ3) is 5.25. The van der Waals surface area contributed by atoms with Crippen LogP contribution in [0.4, 0.5) is 5.82 Å². The number of aromatic amines is 1. The fraction of sp³-hybridized carbons (Fsp3) is 0.316. The topological polar surface area (TPSA) is 80.1 Å². The van der Waals surface area contributed by atoms with Gasteiger partial charge in [0.2, 0.25) is 5.43 Å². The van der Waals surface area contributed by atoms with Crippen LogP contribution in [0.3, 0.4) is 0 Å². The second-order valence-corrected chi connectivity index (χ2v) is 8.31. The molecule has 1 aliphatic heterocycles. The van der Waals surface area contributed by atoms with E-state index in [9.17, 15) is 4.79 Å². The van der Waals surface area contributed by atoms with Gasteiger partial charge in [0.05, 0.1) is 21.3 Å². The van der Waals surface area contributed by atoms with E-state index in [2.05, 4.69) is 26.2 Å². The molecule has 0 aliphatic carbocycles. The normalized spacial score (nSPS) is 12.7. The van der Waals surface area contributed by atoms with E-state index in [4.69, 9.17) is 22.1 Å². The average Bonchev–Trinajstić information content (AvgIpc) is 3.12. The summed E-state index contributed by atoms with van der Waals surface area (Å²) in [4.78, 5) is 14.8. The van der Waals surface area contributed by atoms with Crippen molar-refractivity contribution in [3.05, 3.63) is 54.9 Å². The number of fused-ring (bicyclic) bond motifs is 2. The number of aromatic nitrogens is 1. The Kier molecular flexibility index (Phi) is 7.18. The van der Waals surface area contributed by atoms with E-state index in [1.54, 1.807) is 6.07 Å². The zero-order valence-electron chi connectivity index (χ0n) is 14.7. The maximum atomic E-state index is 11.6. The lowest BCUT2D eigenvalue weighted by Gasteiger charge is -2.18. The first-order valence-corrected chi connectivity index (χ1v) is 10.8. The minimum Gasteiger partial charge on any atom is -0.492 e. The number of ether oxygens (including phenoxy) is 1. The second kappa shape index (κ2) is 9.59. The molecule has 0 bridgehead atoms. The molecule has 0 radical (unpaired) electrons. The molecule has 4 rings (SSSR count). The number of halogens is 2. The number of hydrogen-bond acceptors (Lipinski definition) is 5. The summed E-state index contributed by atoms with van der Waals surface area (Å²) in [5.41, 5.74) is 7.55. The molecular formula is C19H21BrClN3O2S. The third-order valence-electron chi connectivity index (χ3n) is 4.05. The summed E-state index contributed by atoms with van der Waals surface area (Å²) in [6, 6.07) is 7.34. The molecule has 0 saturated heterocycles. The molecule has 2 aromatic heterocycles. The van der Waals surface area contributed by atoms with Crippen LogP contribution in [0.2, 0.25) is 5.02 Å². The minimum atomic E-state index is 0.0639. The van der Waals surface area contributed by atoms with Crippen molar-refractivity contribution in [1.82, 2.24) is 4.98 Å². The summed E-state index contributed by atoms with van der Waals surface area (Å²) >= 11 is 10.8. The van der Waals surface area contributed by atoms with E-state index in [1.807, 2.05) is 23.6 Å². The molecule has 27 heavy (non-hydrogen) atoms. The second-order valence-electron chi connectivity index (χ2n) is 6.11. The van der Waals surface area contributed by atoms with Gasteiger partial charge in [-0.2, -0.15) is 0 Å². The van der Waals surface area contributed by atoms with Crippen LogP contribution in [0.5, 0.6) is 5.75 Å². The van der Waals surface area contributed by atoms with Gasteiger partial charge in [0.25, 0.3) is 0 Å². The number of rotatable bonds is 4. The quantitative estimate of drug-likeness (QED) is 0.480. The van der Waals surface area contributed by atoms with Gasteiger partial charge < -0.3 is 20.8 Å². The molecule has 0 fully saturated rings. The first-order chi connectivity index (χ1) is 13.1. The van der Waals surface area contributed by atoms with E-state index in [0.717, 1.165) is 63.7 Å². The first kappa shape index (κ1) is 20.2. The molecule has 8 heteroatoms. The van der Waals surface area contributed by atoms with Crippen molar-refractivity contribution in [3.63, 3.8) is 0 Å². The monoisotopic (exact) mass is 469 g/mol. The van der Waals surface area contributed by atoms with Crippen molar-refractivity contribution in [3.8, 4) is 5.75 Å². The van der Waals surface area contributed by atoms with Gasteiger partial charge in [-0.3, -0.25) is 4.79 Å². The van der Waals surface area contributed by atoms with Gasteiger partial charge in [0, 0.05) is 17.6 Å². The van der Waals surface area contributed by atoms with Crippen molar-refractivity contribution in [1.29, 1.82) is 0 Å². The number of benzene rings is 1. The Morgan fingerprint density at radius 3 is 3.04 bits per heavy atom. The highest BCUT2D eigenvalue weighted by molar-refractivity contribution is 9.10. The van der Waals surface area contributed by atoms with Crippen LogP contribution in [0, 0.1) is 0 Å². The lowest BCUT2D eigenvalue weighted by atomic mass is 10.1. The number of hydrogen-bond donors (Lipinski definition) is 3. The van der Waals surface area contributed by atoms with Crippen molar-refractivity contribution < 1.29 is 4.74 Å². The van der Waals surface area contributed by atoms with Gasteiger partial charge in [-0.15, -0.1) is 11.3 Å². The van der Waals surface area contributed by atoms with Gasteiger partial charge in [-0.05, 0) is 70.9 Å². The van der Waals surface area contributed by atoms with Crippen molar-refractivity contribution >= 4 is 54.9 Å². The summed E-state index contributed by atoms with van der Waals surface area (Å²) in [6.45, 7) is 2.24. The molecule has 1 aliphatic rings. The molecule has 4 N–H and O–H groups in total. The summed E-state index contributed by atoms with van der Waals surface area (Å²) in [5.74, 6) is 1.73. The van der Waals surface area contributed by atoms with Gasteiger partial charge in [0.15, 0.2) is 0 Å². The Bertz CT molecular complexity index is 973. The molecule has 0 spiro atoms. The van der Waals surface area contributed by atoms with Crippen LogP contribution >= 0.6 is 38.9 Å². The van der Waals surface area contributed by atoms with Gasteiger partial charge in [-0.25, -0.2) is 0 Å². The minimum absolute atomic E-state index is 0.0639. The smallest absolute Gasteiger partial charge is 0.201 e. The van der Waals surface area contributed by atoms with E-state index in [1.165, 1.54) is 16.9 Å². The number of pyridine rings is 1. The largest absolute Gasteiger partial charge is 0.492 e. The SMILES string of the molecule is Clc1cc(Br)c2c(c1)CCCO2.NCCCNc1cc(=O)c2sccc2[nH]1. The Morgan fingerprint density at radius 1 is 1.37 bits per heavy atom. The van der Waals surface area contributed by atoms with Gasteiger partial charge >= 0.3 is 0 Å². The lowest BCUT2D eigenvalue weighted by molar-refractivity contribution is 0.286. The van der Waals surface area contributed by atoms with E-state index >= 15 is 0 Å². The van der Waals surface area contributed by atoms with Crippen LogP contribution in [-0.2, 0) is 6.42 Å². The fourth-order valence-corrected chi connectivity index (χ4v) is 4.54. The Balaban J connectivity index is 0.000000159. The maximum absolute atomic E-state index is 11.6. The van der Waals surface area contributed by atoms with Gasteiger partial charge in [-0.1, -0.05) is 11.6 Å². The molecule has 5 nitrogen and oxygen atoms in total. The van der Waals surface area contributed by atoms with Crippen LogP contribution in [-0.4, -0.2) is 24.7 Å². The highest BCUT2D eigenvalue weighted by atomic mass is 79.9. The Labute approximate surface area is 175 Å². The number of anilines is 1. The van der Waals surface area contributed by atoms with E-state index < -0.39 is 0 Å². The molecular weight excluding hydrogens is 450 g/mol. The highest BCUT2D eigenvalue weighted by Gasteiger charge is 2.13. The van der Waals surface area contributed by atoms with E-state index in [0.29, 0.717) is 6.54 Å². The summed E-state index contributed by atoms with van der Waals surface area (Å²) in [6.07, 6.45) is 3.04. The maximum Gasteiger partial charge on any atom is 0.201 e. The molecule has 3 aromatic rings. The number of H-pyrrole nitrogens is 1. The van der Waals surface area contributed by atoms with Crippen molar-refractivity contribution in [2.24, 2.45) is 5.73 Å². The summed E-state index contributed by atoms with van der Waals surface area (Å²) in [7, 11) is 0. The third-order valence-corrected chi connectivity index (χ3v) is 5.79. The molecule has 0 amide bonds. The Morgan fingerprint density at radius 2 is 2.22 bits per heavy atom. The van der Waals surface area contributed by atoms with Crippen LogP contribution in [0.1, 0.15) is 18.4 Å². The fourth-order valence-electron chi connectivity index (χ4n) is 2.79. The lowest BCUT2D eigenvalue weighted by Crippen LogP contribution is -2.11. The first-order valence-electron chi connectivity index (χ1n) is 8.73. The number of nitrogens with one attached hydrogen (secondary N) is 2. The van der Waals surface area contributed by atoms with Gasteiger partial charge in [0.1, 0.15) is 11.6 Å². The van der Waals surface area contributed by atoms with Crippen LogP contribution < -0.4 is 21.2 Å². The molecule has 3 heterocycles. The summed E-state index contributed by atoms with van der Waals surface area (Å²) in [5, 5.41) is 5.82. The predicted octanol–water partition coefficient (Wildman–Crippen LogP) is 4.78. The zero-order valence-corrected chi connectivity index (χ0v) is 17.8. The van der Waals surface area contributed by atoms with E-state index in [-0.39, 0.29) is 5.43 Å². The molecule has 0 atom stereocenters. The standard InChI is InChI=1S/C10H13N3OS.C9H8BrClO/c11-3-1-4-12-9-6-8(14)10-7(13-9)2-5-15-10;10-8-5-7(11)4-6-2-1-3-12-9(6)8/h2,5-6H,1,3-4,11H2,(H2,12,13,14);4-5H,1-3H2. The highest BCUT2D eigenvalue weighted by Crippen LogP contribution is 2.35. The number of nitrogens with two attached hydrogens (primary N) is 1. The Hall–Kier alpha value is -1.54. The van der Waals surface area contributed by atoms with Crippen LogP contribution in [0.15, 0.2) is 38.9 Å². The summed E-state index contributed by atoms with van der Waals surface area (Å²) < 4.78 is 7.24. The molecule has 144 valence electrons. The molecule has 0 unspecified atom stereocenters. The number of thiophene rings is 1.